The number of nitrogens with one attached hydrogen (secondary N) is 2. The van der Waals surface area contributed by atoms with Gasteiger partial charge in [-0.3, -0.25) is 19.7 Å². The summed E-state index contributed by atoms with van der Waals surface area (Å²) in [7, 11) is 0. The molecular weight excluding hydrogens is 404 g/mol. The molecule has 1 fully saturated rings. The molecule has 0 radical (unpaired) electrons. The number of nitrogens with zero attached hydrogens (tertiary/aromatic N) is 4. The van der Waals surface area contributed by atoms with Crippen LogP contribution in [-0.4, -0.2) is 51.8 Å². The standard InChI is InChI=1S/C20H24N6O3S/c1-2-29-20(28)25-24-15-5-3-4-14(15)10-13-6-7-16-17(11-13)26(18(23-16)22-12-27)19-21-8-9-30-19/h6-7,11-12,14H,2-5,8-10H2,1H3,(H,25,28)(H,22,23,27). The van der Waals surface area contributed by atoms with E-state index in [1.165, 1.54) is 0 Å². The molecular formula is C20H24N6O3S. The Kier molecular flexibility index (Phi) is 6.32. The molecule has 158 valence electrons. The van der Waals surface area contributed by atoms with Gasteiger partial charge in [0.25, 0.3) is 0 Å². The molecule has 1 aliphatic heterocycles. The predicted molar refractivity (Wildman–Crippen MR) is 118 cm³/mol. The summed E-state index contributed by atoms with van der Waals surface area (Å²) >= 11 is 1.65. The van der Waals surface area contributed by atoms with Crippen molar-refractivity contribution in [1.82, 2.24) is 15.0 Å². The number of hydrogen-bond donors (Lipinski definition) is 2. The highest BCUT2D eigenvalue weighted by Crippen LogP contribution is 2.30. The maximum Gasteiger partial charge on any atom is 0.427 e. The number of imidazole rings is 1. The van der Waals surface area contributed by atoms with Crippen LogP contribution in [0.25, 0.3) is 11.0 Å². The molecule has 0 spiro atoms. The molecule has 10 heteroatoms. The van der Waals surface area contributed by atoms with E-state index in [-0.39, 0.29) is 5.92 Å². The van der Waals surface area contributed by atoms with E-state index in [1.54, 1.807) is 18.7 Å². The summed E-state index contributed by atoms with van der Waals surface area (Å²) in [5.41, 5.74) is 6.37. The van der Waals surface area contributed by atoms with E-state index in [0.717, 1.165) is 65.5 Å². The van der Waals surface area contributed by atoms with Crippen molar-refractivity contribution in [2.45, 2.75) is 32.6 Å². The van der Waals surface area contributed by atoms with Gasteiger partial charge in [0.2, 0.25) is 12.4 Å². The minimum atomic E-state index is -0.522. The summed E-state index contributed by atoms with van der Waals surface area (Å²) < 4.78 is 6.79. The van der Waals surface area contributed by atoms with Gasteiger partial charge in [-0.2, -0.15) is 5.10 Å². The van der Waals surface area contributed by atoms with Gasteiger partial charge in [-0.25, -0.2) is 15.2 Å². The Morgan fingerprint density at radius 1 is 1.47 bits per heavy atom. The molecule has 1 unspecified atom stereocenters. The number of hydrogen-bond acceptors (Lipinski definition) is 7. The van der Waals surface area contributed by atoms with Crippen LogP contribution in [-0.2, 0) is 16.0 Å². The third kappa shape index (κ3) is 4.33. The quantitative estimate of drug-likeness (QED) is 0.543. The highest BCUT2D eigenvalue weighted by Gasteiger charge is 2.24. The normalized spacial score (nSPS) is 19.8. The average Bonchev–Trinajstić information content (AvgIpc) is 3.46. The van der Waals surface area contributed by atoms with Crippen LogP contribution in [0.1, 0.15) is 31.7 Å². The second-order valence-electron chi connectivity index (χ2n) is 7.10. The molecule has 1 aliphatic carbocycles. The fourth-order valence-electron chi connectivity index (χ4n) is 3.88. The molecule has 9 nitrogen and oxygen atoms in total. The number of amides is 2. The van der Waals surface area contributed by atoms with Gasteiger partial charge in [-0.1, -0.05) is 17.8 Å². The van der Waals surface area contributed by atoms with Crippen molar-refractivity contribution in [3.05, 3.63) is 23.8 Å². The van der Waals surface area contributed by atoms with E-state index in [0.29, 0.717) is 19.0 Å². The Bertz CT molecular complexity index is 1020. The number of aromatic nitrogens is 2. The fraction of sp³-hybridized carbons (Fsp3) is 0.450. The monoisotopic (exact) mass is 428 g/mol. The van der Waals surface area contributed by atoms with Gasteiger partial charge in [0.1, 0.15) is 0 Å². The SMILES string of the molecule is CCOC(=O)NN=C1CCCC1Cc1ccc2nc(NC=O)n(C3=NCCS3)c2c1. The first kappa shape index (κ1) is 20.4. The van der Waals surface area contributed by atoms with Crippen molar-refractivity contribution in [2.75, 3.05) is 24.2 Å². The molecule has 2 heterocycles. The summed E-state index contributed by atoms with van der Waals surface area (Å²) in [5, 5.41) is 7.83. The Morgan fingerprint density at radius 2 is 2.37 bits per heavy atom. The average molecular weight is 429 g/mol. The minimum Gasteiger partial charge on any atom is -0.449 e. The lowest BCUT2D eigenvalue weighted by atomic mass is 9.96. The van der Waals surface area contributed by atoms with Crippen LogP contribution in [0.3, 0.4) is 0 Å². The van der Waals surface area contributed by atoms with E-state index < -0.39 is 6.09 Å². The van der Waals surface area contributed by atoms with Crippen molar-refractivity contribution >= 4 is 52.1 Å². The number of rotatable bonds is 6. The van der Waals surface area contributed by atoms with Crippen LogP contribution < -0.4 is 10.7 Å². The number of hydrazone groups is 1. The maximum atomic E-state index is 11.5. The van der Waals surface area contributed by atoms with E-state index in [4.69, 9.17) is 4.74 Å². The number of benzene rings is 1. The third-order valence-electron chi connectivity index (χ3n) is 5.17. The summed E-state index contributed by atoms with van der Waals surface area (Å²) in [4.78, 5) is 31.7. The lowest BCUT2D eigenvalue weighted by Crippen LogP contribution is -2.22. The van der Waals surface area contributed by atoms with Crippen LogP contribution in [0.15, 0.2) is 28.3 Å². The summed E-state index contributed by atoms with van der Waals surface area (Å²) in [6.45, 7) is 2.84. The first-order valence-electron chi connectivity index (χ1n) is 10.1. The summed E-state index contributed by atoms with van der Waals surface area (Å²) in [5.74, 6) is 1.67. The number of carbonyl (C=O) groups is 2. The van der Waals surface area contributed by atoms with Crippen LogP contribution in [0.5, 0.6) is 0 Å². The molecule has 2 aromatic rings. The van der Waals surface area contributed by atoms with E-state index >= 15 is 0 Å². The van der Waals surface area contributed by atoms with Gasteiger partial charge in [-0.05, 0) is 50.3 Å². The molecule has 2 N–H and O–H groups in total. The van der Waals surface area contributed by atoms with Gasteiger partial charge in [0.05, 0.1) is 24.2 Å². The number of fused-ring (bicyclic) bond motifs is 1. The second kappa shape index (κ2) is 9.29. The number of thioether (sulfide) groups is 1. The first-order chi connectivity index (χ1) is 14.7. The lowest BCUT2D eigenvalue weighted by molar-refractivity contribution is -0.105. The highest BCUT2D eigenvalue weighted by molar-refractivity contribution is 8.14. The van der Waals surface area contributed by atoms with Gasteiger partial charge in [0.15, 0.2) is 5.17 Å². The predicted octanol–water partition coefficient (Wildman–Crippen LogP) is 3.00. The molecule has 1 aromatic heterocycles. The number of anilines is 1. The van der Waals surface area contributed by atoms with E-state index in [2.05, 4.69) is 38.0 Å². The summed E-state index contributed by atoms with van der Waals surface area (Å²) in [6.07, 6.45) is 3.89. The first-order valence-corrected chi connectivity index (χ1v) is 11.1. The number of carbonyl (C=O) groups excluding carboxylic acids is 2. The Morgan fingerprint density at radius 3 is 3.13 bits per heavy atom. The van der Waals surface area contributed by atoms with E-state index in [9.17, 15) is 9.59 Å². The van der Waals surface area contributed by atoms with Crippen LogP contribution in [0.2, 0.25) is 0 Å². The molecule has 2 amide bonds. The molecule has 2 aliphatic rings. The lowest BCUT2D eigenvalue weighted by Gasteiger charge is -2.12. The Labute approximate surface area is 178 Å². The van der Waals surface area contributed by atoms with Crippen molar-refractivity contribution in [2.24, 2.45) is 16.0 Å². The van der Waals surface area contributed by atoms with Gasteiger partial charge < -0.3 is 4.74 Å². The van der Waals surface area contributed by atoms with Crippen molar-refractivity contribution < 1.29 is 14.3 Å². The third-order valence-corrected chi connectivity index (χ3v) is 6.13. The van der Waals surface area contributed by atoms with E-state index in [1.807, 2.05) is 10.6 Å². The Hall–Kier alpha value is -2.88. The molecule has 1 aromatic carbocycles. The molecule has 1 saturated carbocycles. The van der Waals surface area contributed by atoms with Crippen LogP contribution in [0, 0.1) is 5.92 Å². The molecule has 4 rings (SSSR count). The second-order valence-corrected chi connectivity index (χ2v) is 8.16. The van der Waals surface area contributed by atoms with Crippen LogP contribution in [0.4, 0.5) is 10.7 Å². The highest BCUT2D eigenvalue weighted by atomic mass is 32.2. The zero-order chi connectivity index (χ0) is 20.9. The van der Waals surface area contributed by atoms with Gasteiger partial charge in [0, 0.05) is 17.4 Å². The smallest absolute Gasteiger partial charge is 0.427 e. The van der Waals surface area contributed by atoms with Crippen LogP contribution >= 0.6 is 11.8 Å². The number of aliphatic imine (C=N–C) groups is 1. The molecule has 30 heavy (non-hydrogen) atoms. The van der Waals surface area contributed by atoms with Crippen molar-refractivity contribution in [1.29, 1.82) is 0 Å². The number of ether oxygens (including phenoxy) is 1. The summed E-state index contributed by atoms with van der Waals surface area (Å²) in [6, 6.07) is 6.14. The van der Waals surface area contributed by atoms with Gasteiger partial charge >= 0.3 is 6.09 Å². The van der Waals surface area contributed by atoms with Gasteiger partial charge in [-0.15, -0.1) is 0 Å². The zero-order valence-corrected chi connectivity index (χ0v) is 17.6. The minimum absolute atomic E-state index is 0.270. The molecule has 0 saturated heterocycles. The zero-order valence-electron chi connectivity index (χ0n) is 16.8. The largest absolute Gasteiger partial charge is 0.449 e. The van der Waals surface area contributed by atoms with Crippen molar-refractivity contribution in [3.63, 3.8) is 0 Å². The molecule has 0 bridgehead atoms. The Balaban J connectivity index is 1.59. The topological polar surface area (TPSA) is 110 Å². The molecule has 1 atom stereocenters. The maximum absolute atomic E-state index is 11.5. The fourth-order valence-corrected chi connectivity index (χ4v) is 4.74. The van der Waals surface area contributed by atoms with Crippen molar-refractivity contribution in [3.8, 4) is 0 Å².